The Balaban J connectivity index is 1.42. The summed E-state index contributed by atoms with van der Waals surface area (Å²) in [5.41, 5.74) is 8.72. The first-order valence-electron chi connectivity index (χ1n) is 10.5. The summed E-state index contributed by atoms with van der Waals surface area (Å²) >= 11 is 0. The molecule has 3 rings (SSSR count). The van der Waals surface area contributed by atoms with Crippen LogP contribution in [0.1, 0.15) is 49.3 Å². The topological polar surface area (TPSA) is 96.5 Å². The summed E-state index contributed by atoms with van der Waals surface area (Å²) < 4.78 is 5.66. The van der Waals surface area contributed by atoms with Crippen LogP contribution in [0.5, 0.6) is 5.75 Å². The van der Waals surface area contributed by atoms with Crippen LogP contribution in [0.4, 0.5) is 5.69 Å². The molecule has 0 aliphatic carbocycles. The number of fused-ring (bicyclic) bond motifs is 1. The molecule has 3 amide bonds. The van der Waals surface area contributed by atoms with Crippen molar-refractivity contribution in [3.63, 3.8) is 0 Å². The number of nitrogens with one attached hydrogen (secondary N) is 3. The minimum Gasteiger partial charge on any atom is -0.483 e. The van der Waals surface area contributed by atoms with Crippen LogP contribution in [0.3, 0.4) is 0 Å². The summed E-state index contributed by atoms with van der Waals surface area (Å²) in [6, 6.07) is 13.5. The Morgan fingerprint density at radius 3 is 2.65 bits per heavy atom. The van der Waals surface area contributed by atoms with Crippen LogP contribution in [0, 0.1) is 12.8 Å². The van der Waals surface area contributed by atoms with Gasteiger partial charge in [-0.25, -0.2) is 0 Å². The third kappa shape index (κ3) is 6.07. The second-order valence-corrected chi connectivity index (χ2v) is 8.17. The van der Waals surface area contributed by atoms with Gasteiger partial charge in [0.2, 0.25) is 11.8 Å². The molecule has 1 heterocycles. The van der Waals surface area contributed by atoms with Crippen LogP contribution in [-0.2, 0) is 20.8 Å². The van der Waals surface area contributed by atoms with Crippen LogP contribution in [0.2, 0.25) is 0 Å². The van der Waals surface area contributed by atoms with Crippen molar-refractivity contribution in [3.8, 4) is 5.75 Å². The van der Waals surface area contributed by atoms with Gasteiger partial charge in [-0.1, -0.05) is 44.2 Å². The summed E-state index contributed by atoms with van der Waals surface area (Å²) in [4.78, 5) is 36.4. The van der Waals surface area contributed by atoms with Gasteiger partial charge in [-0.15, -0.1) is 0 Å². The average molecular weight is 424 g/mol. The van der Waals surface area contributed by atoms with Crippen molar-refractivity contribution in [3.05, 3.63) is 59.2 Å². The number of ether oxygens (including phenoxy) is 1. The zero-order valence-electron chi connectivity index (χ0n) is 18.2. The number of rotatable bonds is 7. The lowest BCUT2D eigenvalue weighted by Gasteiger charge is -2.24. The van der Waals surface area contributed by atoms with E-state index in [1.54, 1.807) is 0 Å². The predicted octanol–water partition coefficient (Wildman–Crippen LogP) is 3.24. The van der Waals surface area contributed by atoms with E-state index in [4.69, 9.17) is 4.74 Å². The predicted molar refractivity (Wildman–Crippen MR) is 119 cm³/mol. The number of aryl methyl sites for hydroxylation is 1. The second kappa shape index (κ2) is 10.1. The standard InChI is InChI=1S/C24H29N3O4/c1-15(2)19-10-8-16(3)12-21(19)31-14-23(29)27-26-22(28)11-9-18-13-17-6-4-5-7-20(17)25-24(18)30/h4-8,10,12,15,18H,9,11,13-14H2,1-3H3,(H,25,30)(H,26,28)(H,27,29). The molecule has 7 nitrogen and oxygen atoms in total. The molecule has 0 fully saturated rings. The first kappa shape index (κ1) is 22.3. The first-order chi connectivity index (χ1) is 14.8. The Hall–Kier alpha value is -3.35. The maximum absolute atomic E-state index is 12.2. The molecule has 2 aromatic rings. The van der Waals surface area contributed by atoms with E-state index in [-0.39, 0.29) is 36.7 Å². The van der Waals surface area contributed by atoms with E-state index in [0.717, 1.165) is 22.4 Å². The van der Waals surface area contributed by atoms with Crippen LogP contribution in [0.25, 0.3) is 0 Å². The molecule has 164 valence electrons. The van der Waals surface area contributed by atoms with E-state index < -0.39 is 5.91 Å². The quantitative estimate of drug-likeness (QED) is 0.596. The molecular formula is C24H29N3O4. The normalized spacial score (nSPS) is 15.1. The average Bonchev–Trinajstić information content (AvgIpc) is 2.74. The van der Waals surface area contributed by atoms with Gasteiger partial charge in [0, 0.05) is 18.0 Å². The summed E-state index contributed by atoms with van der Waals surface area (Å²) in [5, 5.41) is 2.88. The smallest absolute Gasteiger partial charge is 0.276 e. The fourth-order valence-corrected chi connectivity index (χ4v) is 3.58. The number of hydrogen-bond donors (Lipinski definition) is 3. The number of anilines is 1. The highest BCUT2D eigenvalue weighted by Gasteiger charge is 2.26. The monoisotopic (exact) mass is 423 g/mol. The van der Waals surface area contributed by atoms with Gasteiger partial charge in [-0.05, 0) is 54.5 Å². The first-order valence-corrected chi connectivity index (χ1v) is 10.5. The van der Waals surface area contributed by atoms with Gasteiger partial charge in [0.25, 0.3) is 5.91 Å². The molecule has 0 bridgehead atoms. The molecule has 7 heteroatoms. The minimum atomic E-state index is -0.450. The molecule has 1 atom stereocenters. The van der Waals surface area contributed by atoms with E-state index in [1.807, 2.05) is 49.4 Å². The Kier molecular flexibility index (Phi) is 7.28. The summed E-state index contributed by atoms with van der Waals surface area (Å²) in [6.07, 6.45) is 1.14. The fourth-order valence-electron chi connectivity index (χ4n) is 3.58. The number of carbonyl (C=O) groups is 3. The van der Waals surface area contributed by atoms with Crippen LogP contribution in [-0.4, -0.2) is 24.3 Å². The summed E-state index contributed by atoms with van der Waals surface area (Å²) in [6.45, 7) is 5.87. The molecule has 3 N–H and O–H groups in total. The highest BCUT2D eigenvalue weighted by molar-refractivity contribution is 5.96. The maximum Gasteiger partial charge on any atom is 0.276 e. The van der Waals surface area contributed by atoms with Gasteiger partial charge in [0.05, 0.1) is 0 Å². The van der Waals surface area contributed by atoms with E-state index in [0.29, 0.717) is 18.6 Å². The van der Waals surface area contributed by atoms with E-state index in [9.17, 15) is 14.4 Å². The largest absolute Gasteiger partial charge is 0.483 e. The Labute approximate surface area is 182 Å². The van der Waals surface area contributed by atoms with Crippen molar-refractivity contribution in [2.24, 2.45) is 5.92 Å². The van der Waals surface area contributed by atoms with Gasteiger partial charge >= 0.3 is 0 Å². The van der Waals surface area contributed by atoms with Crippen molar-refractivity contribution >= 4 is 23.4 Å². The van der Waals surface area contributed by atoms with Gasteiger partial charge in [-0.2, -0.15) is 0 Å². The fraction of sp³-hybridized carbons (Fsp3) is 0.375. The molecule has 2 aromatic carbocycles. The van der Waals surface area contributed by atoms with Crippen LogP contribution in [0.15, 0.2) is 42.5 Å². The van der Waals surface area contributed by atoms with Gasteiger partial charge in [0.1, 0.15) is 5.75 Å². The lowest BCUT2D eigenvalue weighted by Crippen LogP contribution is -2.44. The summed E-state index contributed by atoms with van der Waals surface area (Å²) in [5.74, 6) is -0.215. The maximum atomic E-state index is 12.2. The molecule has 0 radical (unpaired) electrons. The third-order valence-corrected chi connectivity index (χ3v) is 5.32. The van der Waals surface area contributed by atoms with Gasteiger partial charge in [-0.3, -0.25) is 25.2 Å². The van der Waals surface area contributed by atoms with Crippen molar-refractivity contribution < 1.29 is 19.1 Å². The Bertz CT molecular complexity index is 971. The third-order valence-electron chi connectivity index (χ3n) is 5.32. The number of amides is 3. The molecule has 31 heavy (non-hydrogen) atoms. The van der Waals surface area contributed by atoms with Crippen LogP contribution >= 0.6 is 0 Å². The van der Waals surface area contributed by atoms with Crippen molar-refractivity contribution in [2.45, 2.75) is 46.0 Å². The van der Waals surface area contributed by atoms with Crippen molar-refractivity contribution in [2.75, 3.05) is 11.9 Å². The lowest BCUT2D eigenvalue weighted by atomic mass is 9.89. The number of para-hydroxylation sites is 1. The second-order valence-electron chi connectivity index (χ2n) is 8.17. The molecule has 0 saturated carbocycles. The molecule has 0 saturated heterocycles. The lowest BCUT2D eigenvalue weighted by molar-refractivity contribution is -0.130. The Morgan fingerprint density at radius 2 is 1.87 bits per heavy atom. The zero-order valence-corrected chi connectivity index (χ0v) is 18.2. The molecule has 1 unspecified atom stereocenters. The molecular weight excluding hydrogens is 394 g/mol. The van der Waals surface area contributed by atoms with E-state index >= 15 is 0 Å². The molecule has 0 spiro atoms. The number of carbonyl (C=O) groups excluding carboxylic acids is 3. The van der Waals surface area contributed by atoms with Gasteiger partial charge in [0.15, 0.2) is 6.61 Å². The van der Waals surface area contributed by atoms with Crippen molar-refractivity contribution in [1.82, 2.24) is 10.9 Å². The zero-order chi connectivity index (χ0) is 22.4. The van der Waals surface area contributed by atoms with Gasteiger partial charge < -0.3 is 10.1 Å². The number of hydrogen-bond acceptors (Lipinski definition) is 4. The van der Waals surface area contributed by atoms with Crippen molar-refractivity contribution in [1.29, 1.82) is 0 Å². The van der Waals surface area contributed by atoms with Crippen LogP contribution < -0.4 is 20.9 Å². The molecule has 1 aliphatic rings. The SMILES string of the molecule is Cc1ccc(C(C)C)c(OCC(=O)NNC(=O)CCC2Cc3ccccc3NC2=O)c1. The molecule has 1 aliphatic heterocycles. The highest BCUT2D eigenvalue weighted by Crippen LogP contribution is 2.28. The van der Waals surface area contributed by atoms with E-state index in [2.05, 4.69) is 30.0 Å². The highest BCUT2D eigenvalue weighted by atomic mass is 16.5. The number of hydrazine groups is 1. The summed E-state index contributed by atoms with van der Waals surface area (Å²) in [7, 11) is 0. The molecule has 0 aromatic heterocycles. The minimum absolute atomic E-state index is 0.0805. The Morgan fingerprint density at radius 1 is 1.13 bits per heavy atom. The number of benzene rings is 2. The van der Waals surface area contributed by atoms with E-state index in [1.165, 1.54) is 0 Å².